The van der Waals surface area contributed by atoms with Gasteiger partial charge in [-0.05, 0) is 24.3 Å². The zero-order valence-electron chi connectivity index (χ0n) is 14.9. The van der Waals surface area contributed by atoms with Gasteiger partial charge in [-0.3, -0.25) is 9.59 Å². The van der Waals surface area contributed by atoms with Crippen molar-refractivity contribution < 1.29 is 14.3 Å². The first kappa shape index (κ1) is 15.6. The Morgan fingerprint density at radius 3 is 2.50 bits per heavy atom. The third-order valence-electron chi connectivity index (χ3n) is 6.09. The molecule has 4 heterocycles. The summed E-state index contributed by atoms with van der Waals surface area (Å²) in [5.74, 6) is 0.208. The van der Waals surface area contributed by atoms with Crippen molar-refractivity contribution in [2.75, 3.05) is 11.6 Å². The molecule has 2 bridgehead atoms. The molecule has 0 spiro atoms. The topological polar surface area (TPSA) is 62.2 Å². The number of ether oxygens (including phenoxy) is 1. The maximum atomic E-state index is 13.3. The first-order chi connectivity index (χ1) is 13.7. The Hall–Kier alpha value is -3.41. The van der Waals surface area contributed by atoms with Crippen LogP contribution < -0.4 is 9.64 Å². The van der Waals surface area contributed by atoms with Gasteiger partial charge >= 0.3 is 0 Å². The van der Waals surface area contributed by atoms with Crippen molar-refractivity contribution in [1.82, 2.24) is 4.90 Å². The normalized spacial score (nSPS) is 29.6. The number of imide groups is 1. The molecule has 7 rings (SSSR count). The van der Waals surface area contributed by atoms with Crippen LogP contribution in [0.1, 0.15) is 0 Å². The predicted molar refractivity (Wildman–Crippen MR) is 103 cm³/mol. The first-order valence-corrected chi connectivity index (χ1v) is 9.42. The van der Waals surface area contributed by atoms with Crippen molar-refractivity contribution in [3.8, 4) is 5.75 Å². The predicted octanol–water partition coefficient (Wildman–Crippen LogP) is 2.74. The van der Waals surface area contributed by atoms with Crippen molar-refractivity contribution in [2.24, 2.45) is 22.7 Å². The summed E-state index contributed by atoms with van der Waals surface area (Å²) >= 11 is 0. The molecule has 4 aliphatic heterocycles. The Bertz CT molecular complexity index is 1060. The van der Waals surface area contributed by atoms with Crippen LogP contribution in [0, 0.1) is 17.8 Å². The van der Waals surface area contributed by atoms with E-state index in [1.807, 2.05) is 59.5 Å². The lowest BCUT2D eigenvalue weighted by atomic mass is 9.69. The minimum atomic E-state index is -0.414. The number of piperidine rings is 1. The Balaban J connectivity index is 1.46. The summed E-state index contributed by atoms with van der Waals surface area (Å²) in [5.41, 5.74) is 1.39. The van der Waals surface area contributed by atoms with Gasteiger partial charge in [-0.15, -0.1) is 0 Å². The number of rotatable bonds is 1. The second-order valence-electron chi connectivity index (χ2n) is 7.48. The van der Waals surface area contributed by atoms with Crippen LogP contribution >= 0.6 is 0 Å². The second-order valence-corrected chi connectivity index (χ2v) is 7.48. The largest absolute Gasteiger partial charge is 0.471 e. The van der Waals surface area contributed by atoms with Crippen molar-refractivity contribution in [3.63, 3.8) is 0 Å². The number of benzene rings is 2. The molecule has 2 fully saturated rings. The standard InChI is InChI=1S/C22H17N3O3/c26-21-18-14-10-11-16(19(18)22(27)25(21)13-6-2-1-3-7-13)24-12-28-17-9-5-4-8-15(17)23-20(14)24/h1-11,14,16,18-19H,12H2/t14-,16+,18+,19-/m1/s1. The molecular formula is C22H17N3O3. The lowest BCUT2D eigenvalue weighted by Gasteiger charge is -2.47. The van der Waals surface area contributed by atoms with E-state index in [9.17, 15) is 9.59 Å². The van der Waals surface area contributed by atoms with Crippen molar-refractivity contribution >= 4 is 29.0 Å². The highest BCUT2D eigenvalue weighted by Gasteiger charge is 2.61. The molecule has 138 valence electrons. The van der Waals surface area contributed by atoms with E-state index in [-0.39, 0.29) is 23.8 Å². The number of para-hydroxylation sites is 3. The van der Waals surface area contributed by atoms with Gasteiger partial charge in [0, 0.05) is 5.92 Å². The zero-order chi connectivity index (χ0) is 18.8. The van der Waals surface area contributed by atoms with E-state index in [0.29, 0.717) is 12.4 Å². The molecule has 0 saturated carbocycles. The van der Waals surface area contributed by atoms with Gasteiger partial charge in [-0.2, -0.15) is 0 Å². The van der Waals surface area contributed by atoms with Gasteiger partial charge in [0.1, 0.15) is 17.3 Å². The van der Waals surface area contributed by atoms with E-state index in [2.05, 4.69) is 0 Å². The number of amidine groups is 1. The van der Waals surface area contributed by atoms with Gasteiger partial charge < -0.3 is 9.64 Å². The Labute approximate surface area is 161 Å². The fraction of sp³-hybridized carbons (Fsp3) is 0.227. The van der Waals surface area contributed by atoms with Crippen LogP contribution in [0.3, 0.4) is 0 Å². The number of anilines is 1. The molecule has 5 aliphatic rings. The van der Waals surface area contributed by atoms with Crippen molar-refractivity contribution in [3.05, 3.63) is 66.7 Å². The minimum absolute atomic E-state index is 0.138. The number of aliphatic imine (C=N–C) groups is 1. The fourth-order valence-electron chi connectivity index (χ4n) is 4.87. The van der Waals surface area contributed by atoms with Gasteiger partial charge in [0.05, 0.1) is 23.6 Å². The highest BCUT2D eigenvalue weighted by molar-refractivity contribution is 6.24. The zero-order valence-corrected chi connectivity index (χ0v) is 14.9. The van der Waals surface area contributed by atoms with Crippen LogP contribution in [-0.4, -0.2) is 35.3 Å². The van der Waals surface area contributed by atoms with E-state index < -0.39 is 11.8 Å². The summed E-state index contributed by atoms with van der Waals surface area (Å²) in [6.45, 7) is 0.317. The van der Waals surface area contributed by atoms with Gasteiger partial charge in [-0.25, -0.2) is 9.89 Å². The molecule has 2 aromatic carbocycles. The quantitative estimate of drug-likeness (QED) is 0.571. The van der Waals surface area contributed by atoms with E-state index in [1.54, 1.807) is 12.1 Å². The summed E-state index contributed by atoms with van der Waals surface area (Å²) in [5, 5.41) is 0. The van der Waals surface area contributed by atoms with E-state index >= 15 is 0 Å². The summed E-state index contributed by atoms with van der Waals surface area (Å²) in [4.78, 5) is 34.8. The van der Waals surface area contributed by atoms with Gasteiger partial charge in [0.25, 0.3) is 0 Å². The number of amides is 2. The number of hydrogen-bond donors (Lipinski definition) is 0. The number of carbonyl (C=O) groups excluding carboxylic acids is 2. The molecule has 0 aromatic heterocycles. The molecule has 0 unspecified atom stereocenters. The summed E-state index contributed by atoms with van der Waals surface area (Å²) in [7, 11) is 0. The number of nitrogens with zero attached hydrogens (tertiary/aromatic N) is 3. The van der Waals surface area contributed by atoms with Crippen LogP contribution in [0.25, 0.3) is 0 Å². The monoisotopic (exact) mass is 371 g/mol. The minimum Gasteiger partial charge on any atom is -0.471 e. The average Bonchev–Trinajstić information content (AvgIpc) is 2.89. The Morgan fingerprint density at radius 2 is 1.64 bits per heavy atom. The van der Waals surface area contributed by atoms with Crippen LogP contribution in [-0.2, 0) is 9.59 Å². The Morgan fingerprint density at radius 1 is 0.893 bits per heavy atom. The second kappa shape index (κ2) is 5.55. The number of carbonyl (C=O) groups is 2. The molecule has 4 atom stereocenters. The fourth-order valence-corrected chi connectivity index (χ4v) is 4.87. The smallest absolute Gasteiger partial charge is 0.240 e. The van der Waals surface area contributed by atoms with Crippen LogP contribution in [0.4, 0.5) is 11.4 Å². The van der Waals surface area contributed by atoms with Crippen LogP contribution in [0.5, 0.6) is 5.75 Å². The Kier molecular flexibility index (Phi) is 3.10. The van der Waals surface area contributed by atoms with E-state index in [1.165, 1.54) is 4.90 Å². The molecule has 28 heavy (non-hydrogen) atoms. The van der Waals surface area contributed by atoms with E-state index in [0.717, 1.165) is 17.3 Å². The molecule has 6 heteroatoms. The molecule has 2 saturated heterocycles. The summed E-state index contributed by atoms with van der Waals surface area (Å²) in [6, 6.07) is 16.6. The molecule has 2 aromatic rings. The van der Waals surface area contributed by atoms with Crippen LogP contribution in [0.15, 0.2) is 71.7 Å². The van der Waals surface area contributed by atoms with Gasteiger partial charge in [0.15, 0.2) is 6.73 Å². The lowest BCUT2D eigenvalue weighted by molar-refractivity contribution is -0.123. The van der Waals surface area contributed by atoms with Crippen molar-refractivity contribution in [1.29, 1.82) is 0 Å². The number of hydrogen-bond acceptors (Lipinski definition) is 5. The molecular weight excluding hydrogens is 354 g/mol. The molecule has 2 amide bonds. The first-order valence-electron chi connectivity index (χ1n) is 9.42. The highest BCUT2D eigenvalue weighted by Crippen LogP contribution is 2.48. The maximum Gasteiger partial charge on any atom is 0.240 e. The van der Waals surface area contributed by atoms with Gasteiger partial charge in [-0.1, -0.05) is 42.5 Å². The third-order valence-corrected chi connectivity index (χ3v) is 6.09. The average molecular weight is 371 g/mol. The highest BCUT2D eigenvalue weighted by atomic mass is 16.5. The summed E-state index contributed by atoms with van der Waals surface area (Å²) < 4.78 is 5.96. The number of fused-ring (bicyclic) bond motifs is 1. The van der Waals surface area contributed by atoms with Gasteiger partial charge in [0.2, 0.25) is 11.8 Å². The van der Waals surface area contributed by atoms with Crippen molar-refractivity contribution in [2.45, 2.75) is 6.04 Å². The van der Waals surface area contributed by atoms with E-state index in [4.69, 9.17) is 9.73 Å². The lowest BCUT2D eigenvalue weighted by Crippen LogP contribution is -2.59. The SMILES string of the molecule is O=C1[C@@H]2[C@H](C(=O)N1c1ccccc1)[C@@H]1C=C[C@H]2C2=Nc3ccccc3OCN21. The third kappa shape index (κ3) is 1.94. The molecule has 0 N–H and O–H groups in total. The molecule has 1 aliphatic carbocycles. The van der Waals surface area contributed by atoms with Crippen LogP contribution in [0.2, 0.25) is 0 Å². The molecule has 0 radical (unpaired) electrons. The summed E-state index contributed by atoms with van der Waals surface area (Å²) in [6.07, 6.45) is 4.07. The maximum absolute atomic E-state index is 13.3. The molecule has 6 nitrogen and oxygen atoms in total.